The Hall–Kier alpha value is -10.5. The van der Waals surface area contributed by atoms with E-state index in [-0.39, 0.29) is 0 Å². The minimum atomic E-state index is 0.644. The first-order chi connectivity index (χ1) is 49.7. The normalized spacial score (nSPS) is 10.6. The number of aliphatic imine (C=N–C) groups is 1. The molecule has 14 nitrogen and oxygen atoms in total. The van der Waals surface area contributed by atoms with Crippen molar-refractivity contribution >= 4 is 84.5 Å². The van der Waals surface area contributed by atoms with Crippen molar-refractivity contribution in [3.8, 4) is 5.75 Å². The van der Waals surface area contributed by atoms with E-state index in [1.807, 2.05) is 264 Å². The number of hydrogen-bond acceptors (Lipinski definition) is 14. The quantitative estimate of drug-likeness (QED) is 0.132. The largest absolute Gasteiger partial charge is 0.491 e. The van der Waals surface area contributed by atoms with E-state index >= 15 is 0 Å². The summed E-state index contributed by atoms with van der Waals surface area (Å²) in [6, 6.07) is 56.3. The lowest BCUT2D eigenvalue weighted by molar-refractivity contribution is -0.0634. The summed E-state index contributed by atoms with van der Waals surface area (Å²) in [6.07, 6.45) is 30.1. The molecule has 0 amide bonds. The van der Waals surface area contributed by atoms with Gasteiger partial charge >= 0.3 is 6.21 Å². The summed E-state index contributed by atoms with van der Waals surface area (Å²) >= 11 is 1.68. The highest BCUT2D eigenvalue weighted by molar-refractivity contribution is 7.16. The number of para-hydroxylation sites is 5. The number of oxazole rings is 1. The molecule has 15 heteroatoms. The highest BCUT2D eigenvalue weighted by atomic mass is 32.1. The zero-order valence-electron chi connectivity index (χ0n) is 62.8. The predicted octanol–water partition coefficient (Wildman–Crippen LogP) is 24.4. The van der Waals surface area contributed by atoms with Gasteiger partial charge in [-0.1, -0.05) is 234 Å². The van der Waals surface area contributed by atoms with Gasteiger partial charge in [0.15, 0.2) is 23.4 Å². The monoisotopic (exact) mass is 1360 g/mol. The van der Waals surface area contributed by atoms with Crippen molar-refractivity contribution in [3.05, 3.63) is 277 Å². The van der Waals surface area contributed by atoms with Crippen LogP contribution in [0, 0.1) is 0 Å². The number of ether oxygens (including phenoxy) is 1. The van der Waals surface area contributed by atoms with Crippen LogP contribution < -0.4 is 4.74 Å². The molecule has 3 aliphatic heterocycles. The van der Waals surface area contributed by atoms with Gasteiger partial charge in [-0.15, -0.1) is 11.3 Å². The van der Waals surface area contributed by atoms with Gasteiger partial charge in [0.1, 0.15) is 22.7 Å². The molecule has 13 aromatic rings. The minimum absolute atomic E-state index is 0.644. The molecular weight excluding hydrogens is 1260 g/mol. The predicted molar refractivity (Wildman–Crippen MR) is 428 cm³/mol. The lowest BCUT2D eigenvalue weighted by Crippen LogP contribution is -1.85. The molecule has 0 unspecified atom stereocenters. The fourth-order valence-corrected chi connectivity index (χ4v) is 9.39. The maximum absolute atomic E-state index is 5.24. The zero-order valence-corrected chi connectivity index (χ0v) is 63.6. The van der Waals surface area contributed by atoms with E-state index in [4.69, 9.17) is 13.6 Å². The average molecular weight is 1370 g/mol. The molecule has 0 N–H and O–H groups in total. The molecule has 0 atom stereocenters. The van der Waals surface area contributed by atoms with Gasteiger partial charge in [-0.2, -0.15) is 0 Å². The van der Waals surface area contributed by atoms with Gasteiger partial charge in [0.25, 0.3) is 0 Å². The second kappa shape index (κ2) is 58.7. The molecule has 0 spiro atoms. The van der Waals surface area contributed by atoms with Crippen molar-refractivity contribution in [1.82, 2.24) is 39.9 Å². The van der Waals surface area contributed by atoms with E-state index in [1.54, 1.807) is 48.6 Å². The third-order valence-electron chi connectivity index (χ3n) is 12.8. The third kappa shape index (κ3) is 31.8. The van der Waals surface area contributed by atoms with Crippen molar-refractivity contribution in [2.24, 2.45) is 10.1 Å². The minimum Gasteiger partial charge on any atom is -0.491 e. The standard InChI is InChI=1S/C9H7N.C9H8.C8H9N.C8H7N.C7H7NO.C7H5NO.C7H5NS.C6H4N3.C6H4N2O.9C2H6/c1-2-6-9-8(4-1)5-3-7-10-9;1-2-5-9-7-3-6-8(9)4-1;1-3-7-4-2-6-9-8(7)5-1;1-2-4-8-7(3-1)5-6-9-8;1-3-8-5-7-6(1)2-4-9-7;2*1-2-4-7-6(3-1)8-5-9-7;1-2-5-6(7-3-1)4-8-9-5;1-2-9-6-5(1)3-7-4-8-6;9*1-2/h1-7H;1-6H,7H2;2,4,6H,1,3,5H2;1-4,6H,5H2;1,3,5H,2,4H2;2*1-5H;2*1-4H;9*1-2H3/q;;;;;;;+1;;;;;;;;;;. The molecule has 0 bridgehead atoms. The molecule has 528 valence electrons. The number of thiazole rings is 1. The van der Waals surface area contributed by atoms with Crippen LogP contribution in [0.3, 0.4) is 0 Å². The highest BCUT2D eigenvalue weighted by Gasteiger charge is 2.13. The smallest absolute Gasteiger partial charge is 0.358 e. The first kappa shape index (κ1) is 87.5. The second-order valence-corrected chi connectivity index (χ2v) is 19.2. The topological polar surface area (TPSA) is 177 Å². The van der Waals surface area contributed by atoms with Crippen molar-refractivity contribution < 1.29 is 18.4 Å². The Morgan fingerprint density at radius 3 is 1.77 bits per heavy atom. The number of furan rings is 1. The van der Waals surface area contributed by atoms with E-state index in [0.29, 0.717) is 5.71 Å². The van der Waals surface area contributed by atoms with Crippen LogP contribution in [0.2, 0.25) is 0 Å². The molecule has 0 fully saturated rings. The van der Waals surface area contributed by atoms with Crippen LogP contribution >= 0.6 is 11.3 Å². The fraction of sp³-hybridized carbons (Fsp3) is 0.294. The number of nitrogens with zero attached hydrogens (tertiary/aromatic N) is 11. The molecule has 8 aromatic heterocycles. The van der Waals surface area contributed by atoms with Crippen LogP contribution in [-0.4, -0.2) is 63.7 Å². The Kier molecular flexibility index (Phi) is 51.4. The Labute approximate surface area is 601 Å². The van der Waals surface area contributed by atoms with Crippen LogP contribution in [-0.2, 0) is 32.1 Å². The molecule has 0 radical (unpaired) electrons. The summed E-state index contributed by atoms with van der Waals surface area (Å²) in [6.45, 7) is 36.8. The third-order valence-corrected chi connectivity index (χ3v) is 13.7. The van der Waals surface area contributed by atoms with Gasteiger partial charge in [0, 0.05) is 66.7 Å². The van der Waals surface area contributed by atoms with E-state index in [2.05, 4.69) is 122 Å². The van der Waals surface area contributed by atoms with Gasteiger partial charge in [-0.25, -0.2) is 24.9 Å². The number of allylic oxidation sites excluding steroid dienone is 1. The molecule has 18 rings (SSSR count). The van der Waals surface area contributed by atoms with Gasteiger partial charge in [-0.3, -0.25) is 19.9 Å². The molecule has 5 aromatic carbocycles. The molecule has 0 saturated heterocycles. The van der Waals surface area contributed by atoms with E-state index < -0.39 is 0 Å². The summed E-state index contributed by atoms with van der Waals surface area (Å²) in [5.74, 6) is 0.956. The van der Waals surface area contributed by atoms with E-state index in [1.165, 1.54) is 75.6 Å². The first-order valence-electron chi connectivity index (χ1n) is 35.7. The van der Waals surface area contributed by atoms with Gasteiger partial charge < -0.3 is 13.6 Å². The second-order valence-electron chi connectivity index (χ2n) is 18.3. The Morgan fingerprint density at radius 2 is 1.07 bits per heavy atom. The average Bonchev–Trinajstić information content (AvgIpc) is 1.96. The van der Waals surface area contributed by atoms with Crippen LogP contribution in [0.4, 0.5) is 11.4 Å². The van der Waals surface area contributed by atoms with Crippen LogP contribution in [0.25, 0.3) is 49.4 Å². The summed E-state index contributed by atoms with van der Waals surface area (Å²) < 4.78 is 16.5. The highest BCUT2D eigenvalue weighted by Crippen LogP contribution is 2.24. The first-order valence-corrected chi connectivity index (χ1v) is 36.6. The number of aromatic nitrogens is 8. The van der Waals surface area contributed by atoms with Gasteiger partial charge in [0.05, 0.1) is 56.2 Å². The Morgan fingerprint density at radius 1 is 0.440 bits per heavy atom. The van der Waals surface area contributed by atoms with Crippen molar-refractivity contribution in [3.63, 3.8) is 0 Å². The van der Waals surface area contributed by atoms with Crippen molar-refractivity contribution in [1.29, 1.82) is 0 Å². The van der Waals surface area contributed by atoms with Crippen molar-refractivity contribution in [2.45, 2.75) is 163 Å². The lowest BCUT2D eigenvalue weighted by atomic mass is 10.1. The number of aryl methyl sites for hydroxylation is 2. The number of pyridine rings is 4. The van der Waals surface area contributed by atoms with E-state index in [0.717, 1.165) is 76.2 Å². The molecule has 0 saturated carbocycles. The lowest BCUT2D eigenvalue weighted by Gasteiger charge is -1.93. The summed E-state index contributed by atoms with van der Waals surface area (Å²) in [5, 5.41) is 5.95. The molecule has 11 heterocycles. The maximum Gasteiger partial charge on any atom is 0.358 e. The van der Waals surface area contributed by atoms with Gasteiger partial charge in [-0.05, 0) is 121 Å². The Balaban J connectivity index is 0.000000547. The number of fused-ring (bicyclic) bond motifs is 9. The number of rotatable bonds is 0. The number of benzene rings is 5. The zero-order chi connectivity index (χ0) is 73.6. The summed E-state index contributed by atoms with van der Waals surface area (Å²) in [7, 11) is 0. The summed E-state index contributed by atoms with van der Waals surface area (Å²) in [5.41, 5.74) is 17.5. The Bertz CT molecular complexity index is 3730. The maximum atomic E-state index is 5.24. The molecular formula is C85H110N11O3S+. The van der Waals surface area contributed by atoms with Crippen LogP contribution in [0.5, 0.6) is 5.75 Å². The van der Waals surface area contributed by atoms with Crippen LogP contribution in [0.15, 0.2) is 257 Å². The SMILES string of the molecule is C1=Cc2ccccc2C1.C1=Nc2ccccc2C1.C1=[N+]=Nc2cccnc21.CC.CC.CC.CC.CC.CC.CC.CC.CC.c1cc2c(cn1)OCC2.c1ccc2ncccc2c1.c1ccc2ocnc2c1.c1ccc2scnc2c1.c1cnc2c(c1)CCC2.c1ncc2ccoc2n1. The van der Waals surface area contributed by atoms with Crippen LogP contribution in [0.1, 0.15) is 170 Å². The molecule has 5 aliphatic rings. The van der Waals surface area contributed by atoms with Gasteiger partial charge in [0.2, 0.25) is 5.71 Å². The molecule has 100 heavy (non-hydrogen) atoms. The van der Waals surface area contributed by atoms with E-state index in [9.17, 15) is 0 Å². The number of hydrogen-bond donors (Lipinski definition) is 0. The van der Waals surface area contributed by atoms with Crippen molar-refractivity contribution in [2.75, 3.05) is 6.61 Å². The fourth-order valence-electron chi connectivity index (χ4n) is 8.71. The summed E-state index contributed by atoms with van der Waals surface area (Å²) in [4.78, 5) is 40.0. The molecule has 2 aliphatic carbocycles.